The van der Waals surface area contributed by atoms with Crippen LogP contribution in [0.3, 0.4) is 0 Å². The molecule has 27 heavy (non-hydrogen) atoms. The Morgan fingerprint density at radius 2 is 1.89 bits per heavy atom. The van der Waals surface area contributed by atoms with Gasteiger partial charge in [-0.3, -0.25) is 9.48 Å². The SMILES string of the molecule is CN(Cc1cnn(C)c1)C(=O)c1cccc(S(=O)(=O)N2CCCCCC2)c1. The van der Waals surface area contributed by atoms with E-state index < -0.39 is 10.0 Å². The standard InChI is InChI=1S/C19H26N4O3S/c1-21(14-16-13-20-22(2)15-16)19(24)17-8-7-9-18(12-17)27(25,26)23-10-5-3-4-6-11-23/h7-9,12-13,15H,3-6,10-11,14H2,1-2H3. The van der Waals surface area contributed by atoms with E-state index in [1.54, 1.807) is 45.3 Å². The third-order valence-corrected chi connectivity index (χ3v) is 6.70. The van der Waals surface area contributed by atoms with E-state index in [0.717, 1.165) is 31.2 Å². The topological polar surface area (TPSA) is 75.5 Å². The lowest BCUT2D eigenvalue weighted by molar-refractivity contribution is 0.0785. The number of hydrogen-bond donors (Lipinski definition) is 0. The van der Waals surface area contributed by atoms with Gasteiger partial charge in [0.05, 0.1) is 11.1 Å². The molecule has 0 spiro atoms. The molecule has 0 radical (unpaired) electrons. The maximum Gasteiger partial charge on any atom is 0.253 e. The molecule has 1 aromatic heterocycles. The molecule has 1 aromatic carbocycles. The summed E-state index contributed by atoms with van der Waals surface area (Å²) >= 11 is 0. The van der Waals surface area contributed by atoms with Gasteiger partial charge in [-0.2, -0.15) is 9.40 Å². The monoisotopic (exact) mass is 390 g/mol. The number of aryl methyl sites for hydroxylation is 1. The summed E-state index contributed by atoms with van der Waals surface area (Å²) in [4.78, 5) is 14.5. The van der Waals surface area contributed by atoms with Crippen LogP contribution in [0, 0.1) is 0 Å². The van der Waals surface area contributed by atoms with Gasteiger partial charge in [0.15, 0.2) is 0 Å². The summed E-state index contributed by atoms with van der Waals surface area (Å²) < 4.78 is 29.2. The number of rotatable bonds is 5. The minimum absolute atomic E-state index is 0.185. The summed E-state index contributed by atoms with van der Waals surface area (Å²) in [5.74, 6) is -0.216. The largest absolute Gasteiger partial charge is 0.337 e. The quantitative estimate of drug-likeness (QED) is 0.785. The zero-order valence-corrected chi connectivity index (χ0v) is 16.7. The van der Waals surface area contributed by atoms with Crippen LogP contribution in [0.1, 0.15) is 41.6 Å². The lowest BCUT2D eigenvalue weighted by Gasteiger charge is -2.21. The van der Waals surface area contributed by atoms with Gasteiger partial charge in [-0.1, -0.05) is 18.9 Å². The fourth-order valence-corrected chi connectivity index (χ4v) is 4.90. The van der Waals surface area contributed by atoms with Gasteiger partial charge in [0.25, 0.3) is 5.91 Å². The molecule has 0 N–H and O–H groups in total. The van der Waals surface area contributed by atoms with Crippen LogP contribution in [0.2, 0.25) is 0 Å². The zero-order chi connectivity index (χ0) is 19.4. The van der Waals surface area contributed by atoms with Crippen molar-refractivity contribution in [1.82, 2.24) is 19.0 Å². The highest BCUT2D eigenvalue weighted by Gasteiger charge is 2.26. The first kappa shape index (κ1) is 19.6. The molecule has 146 valence electrons. The summed E-state index contributed by atoms with van der Waals surface area (Å²) in [6.45, 7) is 1.50. The van der Waals surface area contributed by atoms with Gasteiger partial charge < -0.3 is 4.90 Å². The fourth-order valence-electron chi connectivity index (χ4n) is 3.34. The van der Waals surface area contributed by atoms with E-state index in [4.69, 9.17) is 0 Å². The average Bonchev–Trinajstić information content (AvgIpc) is 2.89. The number of carbonyl (C=O) groups excluding carboxylic acids is 1. The number of carbonyl (C=O) groups is 1. The lowest BCUT2D eigenvalue weighted by Crippen LogP contribution is -2.32. The molecule has 0 bridgehead atoms. The Morgan fingerprint density at radius 1 is 1.19 bits per heavy atom. The lowest BCUT2D eigenvalue weighted by atomic mass is 10.2. The van der Waals surface area contributed by atoms with Gasteiger partial charge in [-0.25, -0.2) is 8.42 Å². The number of aromatic nitrogens is 2. The summed E-state index contributed by atoms with van der Waals surface area (Å²) in [6, 6.07) is 6.35. The second-order valence-electron chi connectivity index (χ2n) is 7.03. The second-order valence-corrected chi connectivity index (χ2v) is 8.97. The summed E-state index contributed by atoms with van der Waals surface area (Å²) in [7, 11) is -0.0518. The van der Waals surface area contributed by atoms with Crippen LogP contribution < -0.4 is 0 Å². The van der Waals surface area contributed by atoms with Gasteiger partial charge in [0.1, 0.15) is 0 Å². The minimum atomic E-state index is -3.57. The Morgan fingerprint density at radius 3 is 2.52 bits per heavy atom. The molecular weight excluding hydrogens is 364 g/mol. The normalized spacial score (nSPS) is 16.1. The Kier molecular flexibility index (Phi) is 5.96. The van der Waals surface area contributed by atoms with Crippen LogP contribution in [0.4, 0.5) is 0 Å². The first-order valence-electron chi connectivity index (χ1n) is 9.21. The molecule has 2 aromatic rings. The third kappa shape index (κ3) is 4.56. The summed E-state index contributed by atoms with van der Waals surface area (Å²) in [5, 5.41) is 4.10. The molecule has 1 aliphatic rings. The maximum atomic E-state index is 13.0. The molecule has 0 aliphatic carbocycles. The first-order chi connectivity index (χ1) is 12.9. The highest BCUT2D eigenvalue weighted by atomic mass is 32.2. The molecular formula is C19H26N4O3S. The van der Waals surface area contributed by atoms with Crippen molar-refractivity contribution in [3.05, 3.63) is 47.8 Å². The predicted molar refractivity (Wildman–Crippen MR) is 103 cm³/mol. The van der Waals surface area contributed by atoms with Gasteiger partial charge >= 0.3 is 0 Å². The van der Waals surface area contributed by atoms with Crippen LogP contribution in [0.5, 0.6) is 0 Å². The smallest absolute Gasteiger partial charge is 0.253 e. The van der Waals surface area contributed by atoms with E-state index in [2.05, 4.69) is 5.10 Å². The van der Waals surface area contributed by atoms with E-state index in [0.29, 0.717) is 25.2 Å². The van der Waals surface area contributed by atoms with Crippen molar-refractivity contribution >= 4 is 15.9 Å². The van der Waals surface area contributed by atoms with E-state index in [-0.39, 0.29) is 10.8 Å². The zero-order valence-electron chi connectivity index (χ0n) is 15.8. The molecule has 0 saturated carbocycles. The third-order valence-electron chi connectivity index (χ3n) is 4.81. The van der Waals surface area contributed by atoms with Gasteiger partial charge in [-0.05, 0) is 31.0 Å². The number of benzene rings is 1. The molecule has 1 amide bonds. The van der Waals surface area contributed by atoms with Crippen LogP contribution in [-0.4, -0.2) is 53.4 Å². The number of amides is 1. The molecule has 2 heterocycles. The highest BCUT2D eigenvalue weighted by Crippen LogP contribution is 2.21. The van der Waals surface area contributed by atoms with Crippen molar-refractivity contribution in [2.75, 3.05) is 20.1 Å². The predicted octanol–water partition coefficient (Wildman–Crippen LogP) is 2.26. The van der Waals surface area contributed by atoms with Crippen molar-refractivity contribution in [2.24, 2.45) is 7.05 Å². The molecule has 1 saturated heterocycles. The van der Waals surface area contributed by atoms with E-state index in [1.807, 2.05) is 13.2 Å². The van der Waals surface area contributed by atoms with Crippen molar-refractivity contribution in [3.8, 4) is 0 Å². The summed E-state index contributed by atoms with van der Waals surface area (Å²) in [6.07, 6.45) is 7.44. The molecule has 0 atom stereocenters. The number of sulfonamides is 1. The van der Waals surface area contributed by atoms with Crippen LogP contribution in [-0.2, 0) is 23.6 Å². The Balaban J connectivity index is 1.78. The van der Waals surface area contributed by atoms with E-state index >= 15 is 0 Å². The first-order valence-corrected chi connectivity index (χ1v) is 10.6. The molecule has 1 fully saturated rings. The van der Waals surface area contributed by atoms with Gasteiger partial charge in [-0.15, -0.1) is 0 Å². The Bertz CT molecular complexity index is 899. The highest BCUT2D eigenvalue weighted by molar-refractivity contribution is 7.89. The Hall–Kier alpha value is -2.19. The van der Waals surface area contributed by atoms with Crippen molar-refractivity contribution in [3.63, 3.8) is 0 Å². The van der Waals surface area contributed by atoms with E-state index in [1.165, 1.54) is 6.07 Å². The molecule has 8 heteroatoms. The number of hydrogen-bond acceptors (Lipinski definition) is 4. The minimum Gasteiger partial charge on any atom is -0.337 e. The second kappa shape index (κ2) is 8.22. The Labute approximate surface area is 160 Å². The molecule has 3 rings (SSSR count). The summed E-state index contributed by atoms with van der Waals surface area (Å²) in [5.41, 5.74) is 1.29. The van der Waals surface area contributed by atoms with Crippen molar-refractivity contribution in [2.45, 2.75) is 37.1 Å². The van der Waals surface area contributed by atoms with E-state index in [9.17, 15) is 13.2 Å². The van der Waals surface area contributed by atoms with Crippen molar-refractivity contribution < 1.29 is 13.2 Å². The van der Waals surface area contributed by atoms with Crippen LogP contribution in [0.15, 0.2) is 41.6 Å². The molecule has 0 unspecified atom stereocenters. The average molecular weight is 391 g/mol. The molecule has 1 aliphatic heterocycles. The van der Waals surface area contributed by atoms with Crippen LogP contribution in [0.25, 0.3) is 0 Å². The maximum absolute atomic E-state index is 13.0. The van der Waals surface area contributed by atoms with Gasteiger partial charge in [0.2, 0.25) is 10.0 Å². The van der Waals surface area contributed by atoms with Crippen molar-refractivity contribution in [1.29, 1.82) is 0 Å². The molecule has 7 nitrogen and oxygen atoms in total. The van der Waals surface area contributed by atoms with Gasteiger partial charge in [0, 0.05) is 51.1 Å². The van der Waals surface area contributed by atoms with Crippen LogP contribution >= 0.6 is 0 Å². The fraction of sp³-hybridized carbons (Fsp3) is 0.474. The number of nitrogens with zero attached hydrogens (tertiary/aromatic N) is 4.